The van der Waals surface area contributed by atoms with Crippen LogP contribution < -0.4 is 10.6 Å². The topological polar surface area (TPSA) is 29.3 Å². The molecule has 0 fully saturated rings. The van der Waals surface area contributed by atoms with Crippen molar-refractivity contribution in [3.8, 4) is 0 Å². The molecule has 0 saturated heterocycles. The van der Waals surface area contributed by atoms with Crippen molar-refractivity contribution in [1.82, 2.24) is 0 Å². The van der Waals surface area contributed by atoms with Crippen LogP contribution >= 0.6 is 0 Å². The van der Waals surface area contributed by atoms with Crippen LogP contribution in [0.4, 0.5) is 5.69 Å². The van der Waals surface area contributed by atoms with Crippen LogP contribution in [0, 0.1) is 27.7 Å². The van der Waals surface area contributed by atoms with Gasteiger partial charge in [0.1, 0.15) is 0 Å². The minimum Gasteiger partial charge on any atom is -0.366 e. The van der Waals surface area contributed by atoms with E-state index in [0.717, 1.165) is 0 Å². The predicted molar refractivity (Wildman–Crippen MR) is 92.0 cm³/mol. The first-order valence-electron chi connectivity index (χ1n) is 7.51. The molecular formula is C19H26N2. The Labute approximate surface area is 128 Å². The normalized spacial score (nSPS) is 12.3. The molecule has 1 atom stereocenters. The van der Waals surface area contributed by atoms with Gasteiger partial charge in [-0.25, -0.2) is 0 Å². The highest BCUT2D eigenvalue weighted by atomic mass is 15.1. The highest BCUT2D eigenvalue weighted by Gasteiger charge is 2.19. The van der Waals surface area contributed by atoms with Crippen LogP contribution in [0.1, 0.15) is 33.9 Å². The molecule has 112 valence electrons. The lowest BCUT2D eigenvalue weighted by molar-refractivity contribution is 0.675. The molecule has 0 saturated carbocycles. The van der Waals surface area contributed by atoms with Crippen molar-refractivity contribution in [1.29, 1.82) is 0 Å². The van der Waals surface area contributed by atoms with E-state index in [0.29, 0.717) is 6.54 Å². The molecule has 0 heterocycles. The lowest BCUT2D eigenvalue weighted by Gasteiger charge is -2.32. The van der Waals surface area contributed by atoms with E-state index in [1.54, 1.807) is 0 Å². The summed E-state index contributed by atoms with van der Waals surface area (Å²) in [5, 5.41) is 0. The van der Waals surface area contributed by atoms with Gasteiger partial charge in [-0.1, -0.05) is 41.5 Å². The van der Waals surface area contributed by atoms with Gasteiger partial charge in [0, 0.05) is 19.3 Å². The molecule has 21 heavy (non-hydrogen) atoms. The van der Waals surface area contributed by atoms with Crippen LogP contribution in [0.5, 0.6) is 0 Å². The third kappa shape index (κ3) is 3.27. The molecule has 2 N–H and O–H groups in total. The van der Waals surface area contributed by atoms with Crippen molar-refractivity contribution >= 4 is 5.69 Å². The predicted octanol–water partition coefficient (Wildman–Crippen LogP) is 4.06. The lowest BCUT2D eigenvalue weighted by Crippen LogP contribution is -2.31. The molecule has 0 bridgehead atoms. The number of aryl methyl sites for hydroxylation is 4. The minimum atomic E-state index is 0.201. The number of hydrogen-bond acceptors (Lipinski definition) is 2. The molecule has 1 unspecified atom stereocenters. The summed E-state index contributed by atoms with van der Waals surface area (Å²) in [5.74, 6) is 0. The number of nitrogens with two attached hydrogens (primary N) is 1. The maximum atomic E-state index is 6.09. The van der Waals surface area contributed by atoms with Gasteiger partial charge in [0.05, 0.1) is 6.04 Å². The summed E-state index contributed by atoms with van der Waals surface area (Å²) >= 11 is 0. The maximum Gasteiger partial charge on any atom is 0.0664 e. The van der Waals surface area contributed by atoms with Gasteiger partial charge < -0.3 is 10.6 Å². The van der Waals surface area contributed by atoms with Crippen molar-refractivity contribution in [3.63, 3.8) is 0 Å². The quantitative estimate of drug-likeness (QED) is 0.916. The monoisotopic (exact) mass is 282 g/mol. The van der Waals surface area contributed by atoms with E-state index in [4.69, 9.17) is 5.73 Å². The Bertz CT molecular complexity index is 631. The van der Waals surface area contributed by atoms with Crippen LogP contribution in [0.25, 0.3) is 0 Å². The summed E-state index contributed by atoms with van der Waals surface area (Å²) in [7, 11) is 2.13. The summed E-state index contributed by atoms with van der Waals surface area (Å²) in [4.78, 5) is 2.30. The summed E-state index contributed by atoms with van der Waals surface area (Å²) in [6, 6.07) is 13.4. The SMILES string of the molecule is Cc1ccc(C(CN)N(C)c2ccc(C)cc2C)c(C)c1. The van der Waals surface area contributed by atoms with Gasteiger partial charge >= 0.3 is 0 Å². The summed E-state index contributed by atoms with van der Waals surface area (Å²) in [6.07, 6.45) is 0. The first-order chi connectivity index (χ1) is 9.93. The molecule has 0 aromatic heterocycles. The van der Waals surface area contributed by atoms with Gasteiger partial charge in [0.15, 0.2) is 0 Å². The third-order valence-corrected chi connectivity index (χ3v) is 4.21. The van der Waals surface area contributed by atoms with E-state index in [-0.39, 0.29) is 6.04 Å². The Kier molecular flexibility index (Phi) is 4.69. The van der Waals surface area contributed by atoms with E-state index < -0.39 is 0 Å². The van der Waals surface area contributed by atoms with E-state index in [1.807, 2.05) is 0 Å². The number of anilines is 1. The van der Waals surface area contributed by atoms with Crippen LogP contribution in [-0.4, -0.2) is 13.6 Å². The molecular weight excluding hydrogens is 256 g/mol. The van der Waals surface area contributed by atoms with Crippen LogP contribution in [0.2, 0.25) is 0 Å². The molecule has 0 aliphatic carbocycles. The Hall–Kier alpha value is -1.80. The molecule has 0 radical (unpaired) electrons. The van der Waals surface area contributed by atoms with Crippen molar-refractivity contribution < 1.29 is 0 Å². The average Bonchev–Trinajstić information content (AvgIpc) is 2.41. The second kappa shape index (κ2) is 6.31. The fourth-order valence-corrected chi connectivity index (χ4v) is 3.06. The van der Waals surface area contributed by atoms with Crippen LogP contribution in [-0.2, 0) is 0 Å². The maximum absolute atomic E-state index is 6.09. The highest BCUT2D eigenvalue weighted by molar-refractivity contribution is 5.56. The number of benzene rings is 2. The Morgan fingerprint density at radius 1 is 0.905 bits per heavy atom. The molecule has 2 aromatic carbocycles. The average molecular weight is 282 g/mol. The fourth-order valence-electron chi connectivity index (χ4n) is 3.06. The Balaban J connectivity index is 2.40. The first-order valence-corrected chi connectivity index (χ1v) is 7.51. The summed E-state index contributed by atoms with van der Waals surface area (Å²) in [6.45, 7) is 9.19. The molecule has 0 aliphatic heterocycles. The summed E-state index contributed by atoms with van der Waals surface area (Å²) < 4.78 is 0. The first kappa shape index (κ1) is 15.6. The second-order valence-corrected chi connectivity index (χ2v) is 6.01. The van der Waals surface area contributed by atoms with Crippen molar-refractivity contribution in [2.45, 2.75) is 33.7 Å². The van der Waals surface area contributed by atoms with Gasteiger partial charge in [0.25, 0.3) is 0 Å². The third-order valence-electron chi connectivity index (χ3n) is 4.21. The minimum absolute atomic E-state index is 0.201. The van der Waals surface area contributed by atoms with Gasteiger partial charge in [0.2, 0.25) is 0 Å². The summed E-state index contributed by atoms with van der Waals surface area (Å²) in [5.41, 5.74) is 13.8. The van der Waals surface area contributed by atoms with E-state index in [2.05, 4.69) is 76.0 Å². The second-order valence-electron chi connectivity index (χ2n) is 6.01. The van der Waals surface area contributed by atoms with Crippen molar-refractivity contribution in [3.05, 3.63) is 64.2 Å². The highest BCUT2D eigenvalue weighted by Crippen LogP contribution is 2.30. The zero-order valence-corrected chi connectivity index (χ0v) is 13.8. The number of likely N-dealkylation sites (N-methyl/N-ethyl adjacent to an activating group) is 1. The van der Waals surface area contributed by atoms with Gasteiger partial charge in [-0.2, -0.15) is 0 Å². The Morgan fingerprint density at radius 2 is 1.48 bits per heavy atom. The Morgan fingerprint density at radius 3 is 2.00 bits per heavy atom. The number of hydrogen-bond donors (Lipinski definition) is 1. The van der Waals surface area contributed by atoms with Gasteiger partial charge in [-0.3, -0.25) is 0 Å². The molecule has 2 rings (SSSR count). The van der Waals surface area contributed by atoms with Crippen molar-refractivity contribution in [2.24, 2.45) is 5.73 Å². The molecule has 0 amide bonds. The van der Waals surface area contributed by atoms with Gasteiger partial charge in [-0.15, -0.1) is 0 Å². The molecule has 2 nitrogen and oxygen atoms in total. The molecule has 2 heteroatoms. The van der Waals surface area contributed by atoms with E-state index >= 15 is 0 Å². The van der Waals surface area contributed by atoms with Crippen LogP contribution in [0.15, 0.2) is 36.4 Å². The lowest BCUT2D eigenvalue weighted by atomic mass is 9.97. The van der Waals surface area contributed by atoms with E-state index in [9.17, 15) is 0 Å². The zero-order chi connectivity index (χ0) is 15.6. The molecule has 0 aliphatic rings. The van der Waals surface area contributed by atoms with Crippen molar-refractivity contribution in [2.75, 3.05) is 18.5 Å². The number of nitrogens with zero attached hydrogens (tertiary/aromatic N) is 1. The largest absolute Gasteiger partial charge is 0.366 e. The standard InChI is InChI=1S/C19H26N2/c1-13-6-8-17(15(3)10-13)19(12-20)21(5)18-9-7-14(2)11-16(18)4/h6-11,19H,12,20H2,1-5H3. The molecule has 0 spiro atoms. The smallest absolute Gasteiger partial charge is 0.0664 e. The van der Waals surface area contributed by atoms with E-state index in [1.165, 1.54) is 33.5 Å². The zero-order valence-electron chi connectivity index (χ0n) is 13.8. The molecule has 2 aromatic rings. The van der Waals surface area contributed by atoms with Crippen LogP contribution in [0.3, 0.4) is 0 Å². The van der Waals surface area contributed by atoms with Gasteiger partial charge in [-0.05, 0) is 50.5 Å². The number of rotatable bonds is 4. The fraction of sp³-hybridized carbons (Fsp3) is 0.368.